The summed E-state index contributed by atoms with van der Waals surface area (Å²) in [5.74, 6) is 0.455. The molecule has 1 atom stereocenters. The van der Waals surface area contributed by atoms with Crippen LogP contribution in [0.4, 0.5) is 19.0 Å². The summed E-state index contributed by atoms with van der Waals surface area (Å²) in [5, 5.41) is 2.75. The molecule has 0 saturated heterocycles. The van der Waals surface area contributed by atoms with Crippen LogP contribution in [0.3, 0.4) is 0 Å². The SMILES string of the molecule is C[C@H](Nc1ncnc2cccnc12)c1ccc(Cl)c(C(F)(F)F)c1. The van der Waals surface area contributed by atoms with Crippen molar-refractivity contribution in [1.82, 2.24) is 15.0 Å². The van der Waals surface area contributed by atoms with Crippen LogP contribution in [0.15, 0.2) is 42.9 Å². The van der Waals surface area contributed by atoms with Gasteiger partial charge >= 0.3 is 6.18 Å². The van der Waals surface area contributed by atoms with Gasteiger partial charge in [0, 0.05) is 6.20 Å². The molecule has 0 radical (unpaired) electrons. The first-order valence-corrected chi connectivity index (χ1v) is 7.43. The second-order valence-corrected chi connectivity index (χ2v) is 5.60. The molecular weight excluding hydrogens is 341 g/mol. The van der Waals surface area contributed by atoms with Gasteiger partial charge in [0.05, 0.1) is 22.1 Å². The third kappa shape index (κ3) is 3.26. The van der Waals surface area contributed by atoms with E-state index in [2.05, 4.69) is 20.3 Å². The first kappa shape index (κ1) is 16.4. The molecule has 24 heavy (non-hydrogen) atoms. The molecule has 0 aliphatic heterocycles. The minimum Gasteiger partial charge on any atom is -0.362 e. The van der Waals surface area contributed by atoms with Crippen LogP contribution in [0, 0.1) is 0 Å². The van der Waals surface area contributed by atoms with E-state index >= 15 is 0 Å². The molecule has 4 nitrogen and oxygen atoms in total. The molecule has 0 aliphatic carbocycles. The van der Waals surface area contributed by atoms with Crippen LogP contribution in [0.5, 0.6) is 0 Å². The summed E-state index contributed by atoms with van der Waals surface area (Å²) in [4.78, 5) is 12.4. The molecule has 124 valence electrons. The molecule has 0 saturated carbocycles. The van der Waals surface area contributed by atoms with E-state index in [1.54, 1.807) is 31.3 Å². The predicted octanol–water partition coefficient (Wildman–Crippen LogP) is 4.87. The molecule has 0 fully saturated rings. The van der Waals surface area contributed by atoms with E-state index in [9.17, 15) is 13.2 Å². The normalized spacial score (nSPS) is 13.0. The van der Waals surface area contributed by atoms with Crippen molar-refractivity contribution in [3.8, 4) is 0 Å². The van der Waals surface area contributed by atoms with Crippen molar-refractivity contribution in [1.29, 1.82) is 0 Å². The van der Waals surface area contributed by atoms with Crippen LogP contribution in [0.25, 0.3) is 11.0 Å². The summed E-state index contributed by atoms with van der Waals surface area (Å²) in [6, 6.07) is 6.93. The lowest BCUT2D eigenvalue weighted by Gasteiger charge is -2.18. The maximum Gasteiger partial charge on any atom is 0.417 e. The van der Waals surface area contributed by atoms with Gasteiger partial charge in [0.2, 0.25) is 0 Å². The molecular formula is C16H12ClF3N4. The number of aromatic nitrogens is 3. The van der Waals surface area contributed by atoms with E-state index in [1.165, 1.54) is 12.4 Å². The standard InChI is InChI=1S/C16H12ClF3N4/c1-9(10-4-5-12(17)11(7-10)16(18,19)20)24-15-14-13(22-8-23-15)3-2-6-21-14/h2-9H,1H3,(H,22,23,24)/t9-/m0/s1. The van der Waals surface area contributed by atoms with Gasteiger partial charge < -0.3 is 5.32 Å². The number of rotatable bonds is 3. The van der Waals surface area contributed by atoms with Crippen molar-refractivity contribution in [2.24, 2.45) is 0 Å². The second-order valence-electron chi connectivity index (χ2n) is 5.20. The number of nitrogens with zero attached hydrogens (tertiary/aromatic N) is 3. The molecule has 0 spiro atoms. The van der Waals surface area contributed by atoms with E-state index in [0.29, 0.717) is 22.4 Å². The van der Waals surface area contributed by atoms with Gasteiger partial charge in [-0.3, -0.25) is 4.98 Å². The van der Waals surface area contributed by atoms with Gasteiger partial charge in [-0.15, -0.1) is 0 Å². The van der Waals surface area contributed by atoms with Crippen LogP contribution >= 0.6 is 11.6 Å². The molecule has 3 rings (SSSR count). The molecule has 0 bridgehead atoms. The van der Waals surface area contributed by atoms with Gasteiger partial charge in [0.15, 0.2) is 5.82 Å². The zero-order valence-electron chi connectivity index (χ0n) is 12.5. The first-order valence-electron chi connectivity index (χ1n) is 7.05. The number of anilines is 1. The van der Waals surface area contributed by atoms with Crippen molar-refractivity contribution >= 4 is 28.5 Å². The Morgan fingerprint density at radius 1 is 1.12 bits per heavy atom. The fourth-order valence-electron chi connectivity index (χ4n) is 2.32. The topological polar surface area (TPSA) is 50.7 Å². The lowest BCUT2D eigenvalue weighted by molar-refractivity contribution is -0.137. The summed E-state index contributed by atoms with van der Waals surface area (Å²) in [7, 11) is 0. The van der Waals surface area contributed by atoms with Crippen molar-refractivity contribution < 1.29 is 13.2 Å². The Balaban J connectivity index is 1.94. The highest BCUT2D eigenvalue weighted by Crippen LogP contribution is 2.36. The molecule has 0 amide bonds. The van der Waals surface area contributed by atoms with Gasteiger partial charge in [-0.25, -0.2) is 9.97 Å². The molecule has 0 aliphatic rings. The Morgan fingerprint density at radius 2 is 1.92 bits per heavy atom. The average Bonchev–Trinajstić information content (AvgIpc) is 2.54. The maximum absolute atomic E-state index is 13.0. The summed E-state index contributed by atoms with van der Waals surface area (Å²) in [5.41, 5.74) is 0.779. The summed E-state index contributed by atoms with van der Waals surface area (Å²) in [6.45, 7) is 1.74. The number of nitrogens with one attached hydrogen (secondary N) is 1. The van der Waals surface area contributed by atoms with Gasteiger partial charge in [-0.1, -0.05) is 17.7 Å². The van der Waals surface area contributed by atoms with Crippen molar-refractivity contribution in [3.63, 3.8) is 0 Å². The second kappa shape index (κ2) is 6.24. The van der Waals surface area contributed by atoms with Crippen LogP contribution in [0.2, 0.25) is 5.02 Å². The first-order chi connectivity index (χ1) is 11.4. The quantitative estimate of drug-likeness (QED) is 0.730. The van der Waals surface area contributed by atoms with E-state index in [1.807, 2.05) is 0 Å². The Kier molecular flexibility index (Phi) is 4.28. The molecule has 3 aromatic rings. The molecule has 1 aromatic carbocycles. The third-order valence-corrected chi connectivity index (χ3v) is 3.87. The van der Waals surface area contributed by atoms with Crippen LogP contribution < -0.4 is 5.32 Å². The number of alkyl halides is 3. The Bertz CT molecular complexity index is 877. The fourth-order valence-corrected chi connectivity index (χ4v) is 2.54. The van der Waals surface area contributed by atoms with E-state index in [0.717, 1.165) is 6.07 Å². The Morgan fingerprint density at radius 3 is 2.67 bits per heavy atom. The molecule has 1 N–H and O–H groups in total. The number of benzene rings is 1. The van der Waals surface area contributed by atoms with E-state index < -0.39 is 17.8 Å². The number of hydrogen-bond donors (Lipinski definition) is 1. The van der Waals surface area contributed by atoms with Gasteiger partial charge in [-0.2, -0.15) is 13.2 Å². The van der Waals surface area contributed by atoms with Gasteiger partial charge in [-0.05, 0) is 36.8 Å². The smallest absolute Gasteiger partial charge is 0.362 e. The summed E-state index contributed by atoms with van der Waals surface area (Å²) < 4.78 is 39.0. The molecule has 2 aromatic heterocycles. The zero-order valence-corrected chi connectivity index (χ0v) is 13.2. The maximum atomic E-state index is 13.0. The Hall–Kier alpha value is -2.41. The summed E-state index contributed by atoms with van der Waals surface area (Å²) in [6.07, 6.45) is -1.52. The molecule has 0 unspecified atom stereocenters. The highest BCUT2D eigenvalue weighted by Gasteiger charge is 2.33. The van der Waals surface area contributed by atoms with Crippen LogP contribution in [-0.4, -0.2) is 15.0 Å². The Labute approximate surface area is 140 Å². The number of hydrogen-bond acceptors (Lipinski definition) is 4. The van der Waals surface area contributed by atoms with Gasteiger partial charge in [0.1, 0.15) is 11.8 Å². The van der Waals surface area contributed by atoms with Crippen molar-refractivity contribution in [2.45, 2.75) is 19.1 Å². The largest absolute Gasteiger partial charge is 0.417 e. The fraction of sp³-hybridized carbons (Fsp3) is 0.188. The predicted molar refractivity (Wildman–Crippen MR) is 85.8 cm³/mol. The monoisotopic (exact) mass is 352 g/mol. The molecule has 2 heterocycles. The van der Waals surface area contributed by atoms with Crippen molar-refractivity contribution in [3.05, 3.63) is 59.0 Å². The number of halogens is 4. The van der Waals surface area contributed by atoms with Crippen LogP contribution in [0.1, 0.15) is 24.1 Å². The molecule has 8 heteroatoms. The minimum absolute atomic E-state index is 0.326. The number of fused-ring (bicyclic) bond motifs is 1. The highest BCUT2D eigenvalue weighted by molar-refractivity contribution is 6.31. The van der Waals surface area contributed by atoms with Crippen molar-refractivity contribution in [2.75, 3.05) is 5.32 Å². The third-order valence-electron chi connectivity index (χ3n) is 3.54. The zero-order chi connectivity index (χ0) is 17.3. The summed E-state index contributed by atoms with van der Waals surface area (Å²) >= 11 is 5.65. The minimum atomic E-state index is -4.50. The van der Waals surface area contributed by atoms with E-state index in [4.69, 9.17) is 11.6 Å². The lowest BCUT2D eigenvalue weighted by atomic mass is 10.0. The average molecular weight is 353 g/mol. The van der Waals surface area contributed by atoms with E-state index in [-0.39, 0.29) is 5.02 Å². The van der Waals surface area contributed by atoms with Gasteiger partial charge in [0.25, 0.3) is 0 Å². The number of pyridine rings is 1. The van der Waals surface area contributed by atoms with Crippen LogP contribution in [-0.2, 0) is 6.18 Å². The lowest BCUT2D eigenvalue weighted by Crippen LogP contribution is -2.12. The highest BCUT2D eigenvalue weighted by atomic mass is 35.5.